The second-order valence-corrected chi connectivity index (χ2v) is 7.07. The van der Waals surface area contributed by atoms with Gasteiger partial charge in [0.1, 0.15) is 0 Å². The van der Waals surface area contributed by atoms with Crippen LogP contribution in [0.4, 0.5) is 5.69 Å². The number of piperazine rings is 1. The lowest BCUT2D eigenvalue weighted by Crippen LogP contribution is -2.55. The second-order valence-electron chi connectivity index (χ2n) is 5.09. The molecule has 2 rings (SSSR count). The summed E-state index contributed by atoms with van der Waals surface area (Å²) in [5.41, 5.74) is 6.61. The molecule has 0 aromatic heterocycles. The fourth-order valence-electron chi connectivity index (χ4n) is 2.54. The number of nitrogens with zero attached hydrogens (tertiary/aromatic N) is 2. The summed E-state index contributed by atoms with van der Waals surface area (Å²) in [6, 6.07) is 7.31. The van der Waals surface area contributed by atoms with Crippen LogP contribution in [-0.4, -0.2) is 58.8 Å². The lowest BCUT2D eigenvalue weighted by Gasteiger charge is -2.41. The van der Waals surface area contributed by atoms with Gasteiger partial charge in [-0.2, -0.15) is 0 Å². The molecule has 19 heavy (non-hydrogen) atoms. The quantitative estimate of drug-likeness (QED) is 0.856. The molecular formula is C13H21N3O2S. The Morgan fingerprint density at radius 2 is 2.00 bits per heavy atom. The van der Waals surface area contributed by atoms with Crippen LogP contribution in [0.3, 0.4) is 0 Å². The van der Waals surface area contributed by atoms with Crippen LogP contribution in [0.15, 0.2) is 29.2 Å². The number of sulfone groups is 1. The van der Waals surface area contributed by atoms with Crippen molar-refractivity contribution < 1.29 is 8.42 Å². The summed E-state index contributed by atoms with van der Waals surface area (Å²) in [6.45, 7) is 3.08. The Balaban J connectivity index is 2.41. The van der Waals surface area contributed by atoms with Gasteiger partial charge < -0.3 is 15.5 Å². The molecule has 1 aliphatic rings. The van der Waals surface area contributed by atoms with E-state index in [1.54, 1.807) is 12.1 Å². The van der Waals surface area contributed by atoms with Crippen molar-refractivity contribution in [3.63, 3.8) is 0 Å². The molecule has 1 saturated heterocycles. The normalized spacial score (nSPS) is 21.6. The van der Waals surface area contributed by atoms with Crippen molar-refractivity contribution in [2.45, 2.75) is 10.9 Å². The Labute approximate surface area is 114 Å². The van der Waals surface area contributed by atoms with Crippen molar-refractivity contribution in [1.82, 2.24) is 4.90 Å². The number of benzene rings is 1. The van der Waals surface area contributed by atoms with Crippen molar-refractivity contribution >= 4 is 15.5 Å². The maximum Gasteiger partial charge on any atom is 0.177 e. The van der Waals surface area contributed by atoms with Gasteiger partial charge in [0.25, 0.3) is 0 Å². The number of likely N-dealkylation sites (N-methyl/N-ethyl adjacent to an activating group) is 1. The van der Waals surface area contributed by atoms with Gasteiger partial charge in [0, 0.05) is 32.4 Å². The van der Waals surface area contributed by atoms with E-state index in [0.29, 0.717) is 11.4 Å². The first-order valence-corrected chi connectivity index (χ1v) is 8.27. The van der Waals surface area contributed by atoms with E-state index in [1.165, 1.54) is 6.26 Å². The monoisotopic (exact) mass is 283 g/mol. The van der Waals surface area contributed by atoms with E-state index in [-0.39, 0.29) is 6.04 Å². The number of rotatable bonds is 3. The minimum atomic E-state index is -3.22. The van der Waals surface area contributed by atoms with Crippen molar-refractivity contribution in [1.29, 1.82) is 0 Å². The highest BCUT2D eigenvalue weighted by molar-refractivity contribution is 7.90. The maximum absolute atomic E-state index is 11.9. The molecule has 5 nitrogen and oxygen atoms in total. The van der Waals surface area contributed by atoms with Crippen molar-refractivity contribution in [2.24, 2.45) is 5.73 Å². The van der Waals surface area contributed by atoms with Crippen LogP contribution < -0.4 is 10.6 Å². The lowest BCUT2D eigenvalue weighted by atomic mass is 10.1. The predicted molar refractivity (Wildman–Crippen MR) is 77.2 cm³/mol. The third-order valence-corrected chi connectivity index (χ3v) is 4.68. The number of nitrogens with two attached hydrogens (primary N) is 1. The number of para-hydroxylation sites is 1. The fraction of sp³-hybridized carbons (Fsp3) is 0.538. The Bertz CT molecular complexity index is 545. The van der Waals surface area contributed by atoms with E-state index >= 15 is 0 Å². The highest BCUT2D eigenvalue weighted by atomic mass is 32.2. The molecule has 1 unspecified atom stereocenters. The van der Waals surface area contributed by atoms with Crippen LogP contribution in [-0.2, 0) is 9.84 Å². The number of hydrogen-bond donors (Lipinski definition) is 1. The van der Waals surface area contributed by atoms with Gasteiger partial charge >= 0.3 is 0 Å². The molecule has 1 aliphatic heterocycles. The molecular weight excluding hydrogens is 262 g/mol. The van der Waals surface area contributed by atoms with Crippen LogP contribution in [0.2, 0.25) is 0 Å². The van der Waals surface area contributed by atoms with Crippen LogP contribution in [0.5, 0.6) is 0 Å². The average molecular weight is 283 g/mol. The molecule has 1 fully saturated rings. The van der Waals surface area contributed by atoms with Gasteiger partial charge in [-0.15, -0.1) is 0 Å². The smallest absolute Gasteiger partial charge is 0.177 e. The molecule has 0 aliphatic carbocycles. The fourth-order valence-corrected chi connectivity index (χ4v) is 3.43. The van der Waals surface area contributed by atoms with Gasteiger partial charge in [0.15, 0.2) is 9.84 Å². The van der Waals surface area contributed by atoms with Gasteiger partial charge in [0.2, 0.25) is 0 Å². The molecule has 0 bridgehead atoms. The summed E-state index contributed by atoms with van der Waals surface area (Å²) in [6.07, 6.45) is 1.25. The van der Waals surface area contributed by atoms with Crippen molar-refractivity contribution in [3.05, 3.63) is 24.3 Å². The van der Waals surface area contributed by atoms with Crippen LogP contribution in [0.25, 0.3) is 0 Å². The molecule has 2 N–H and O–H groups in total. The Morgan fingerprint density at radius 1 is 1.32 bits per heavy atom. The zero-order chi connectivity index (χ0) is 14.0. The third kappa shape index (κ3) is 3.08. The molecule has 0 amide bonds. The zero-order valence-corrected chi connectivity index (χ0v) is 12.2. The Kier molecular flexibility index (Phi) is 4.13. The van der Waals surface area contributed by atoms with Crippen molar-refractivity contribution in [3.8, 4) is 0 Å². The van der Waals surface area contributed by atoms with Crippen molar-refractivity contribution in [2.75, 3.05) is 44.4 Å². The number of anilines is 1. The third-order valence-electron chi connectivity index (χ3n) is 3.53. The highest BCUT2D eigenvalue weighted by Gasteiger charge is 2.27. The van der Waals surface area contributed by atoms with Gasteiger partial charge in [-0.05, 0) is 19.2 Å². The van der Waals surface area contributed by atoms with Gasteiger partial charge in [-0.1, -0.05) is 12.1 Å². The predicted octanol–water partition coefficient (Wildman–Crippen LogP) is 0.169. The van der Waals surface area contributed by atoms with E-state index < -0.39 is 9.84 Å². The molecule has 106 valence electrons. The van der Waals surface area contributed by atoms with Crippen LogP contribution >= 0.6 is 0 Å². The van der Waals surface area contributed by atoms with Gasteiger partial charge in [-0.25, -0.2) is 8.42 Å². The zero-order valence-electron chi connectivity index (χ0n) is 11.4. The molecule has 6 heteroatoms. The van der Waals surface area contributed by atoms with E-state index in [9.17, 15) is 8.42 Å². The van der Waals surface area contributed by atoms with Crippen LogP contribution in [0, 0.1) is 0 Å². The summed E-state index contributed by atoms with van der Waals surface area (Å²) in [5.74, 6) is 0. The topological polar surface area (TPSA) is 66.6 Å². The minimum Gasteiger partial charge on any atom is -0.364 e. The maximum atomic E-state index is 11.9. The molecule has 0 radical (unpaired) electrons. The largest absolute Gasteiger partial charge is 0.364 e. The van der Waals surface area contributed by atoms with Crippen LogP contribution in [0.1, 0.15) is 0 Å². The second kappa shape index (κ2) is 5.48. The molecule has 0 saturated carbocycles. The molecule has 0 spiro atoms. The van der Waals surface area contributed by atoms with E-state index in [1.807, 2.05) is 12.1 Å². The highest BCUT2D eigenvalue weighted by Crippen LogP contribution is 2.27. The van der Waals surface area contributed by atoms with E-state index in [2.05, 4.69) is 16.8 Å². The molecule has 1 atom stereocenters. The SMILES string of the molecule is CN1CCN(c2ccccc2S(C)(=O)=O)C(CN)C1. The summed E-state index contributed by atoms with van der Waals surface area (Å²) in [7, 11) is -1.17. The summed E-state index contributed by atoms with van der Waals surface area (Å²) < 4.78 is 23.8. The average Bonchev–Trinajstić information content (AvgIpc) is 2.37. The summed E-state index contributed by atoms with van der Waals surface area (Å²) in [5, 5.41) is 0. The van der Waals surface area contributed by atoms with E-state index in [4.69, 9.17) is 5.73 Å². The standard InChI is InChI=1S/C13H21N3O2S/c1-15-7-8-16(11(9-14)10-15)12-5-3-4-6-13(12)19(2,17)18/h3-6,11H,7-10,14H2,1-2H3. The van der Waals surface area contributed by atoms with Gasteiger partial charge in [0.05, 0.1) is 16.6 Å². The first-order valence-electron chi connectivity index (χ1n) is 6.38. The Hall–Kier alpha value is -1.11. The Morgan fingerprint density at radius 3 is 2.63 bits per heavy atom. The number of hydrogen-bond acceptors (Lipinski definition) is 5. The lowest BCUT2D eigenvalue weighted by molar-refractivity contribution is 0.269. The molecule has 1 aromatic rings. The molecule has 1 aromatic carbocycles. The first-order chi connectivity index (χ1) is 8.93. The minimum absolute atomic E-state index is 0.154. The van der Waals surface area contributed by atoms with Gasteiger partial charge in [-0.3, -0.25) is 0 Å². The summed E-state index contributed by atoms with van der Waals surface area (Å²) in [4.78, 5) is 4.73. The van der Waals surface area contributed by atoms with E-state index in [0.717, 1.165) is 25.3 Å². The molecule has 1 heterocycles. The first kappa shape index (κ1) is 14.3. The summed E-state index contributed by atoms with van der Waals surface area (Å²) >= 11 is 0.